The van der Waals surface area contributed by atoms with E-state index in [2.05, 4.69) is 10.1 Å². The van der Waals surface area contributed by atoms with E-state index in [9.17, 15) is 27.5 Å². The molecule has 1 N–H and O–H groups in total. The van der Waals surface area contributed by atoms with Crippen molar-refractivity contribution in [2.24, 2.45) is 5.10 Å². The first kappa shape index (κ1) is 23.6. The molecule has 0 radical (unpaired) electrons. The Labute approximate surface area is 192 Å². The van der Waals surface area contributed by atoms with Crippen LogP contribution in [-0.2, 0) is 0 Å². The zero-order valence-electron chi connectivity index (χ0n) is 18.3. The Hall–Kier alpha value is -3.53. The van der Waals surface area contributed by atoms with Gasteiger partial charge in [-0.25, -0.2) is 22.5 Å². The Bertz CT molecular complexity index is 1270. The van der Waals surface area contributed by atoms with E-state index in [4.69, 9.17) is 4.74 Å². The van der Waals surface area contributed by atoms with Gasteiger partial charge in [0.2, 0.25) is 5.72 Å². The number of hydrazone groups is 1. The number of alkyl halides is 4. The Morgan fingerprint density at radius 3 is 2.50 bits per heavy atom. The summed E-state index contributed by atoms with van der Waals surface area (Å²) < 4.78 is 59.5. The Balaban J connectivity index is 1.85. The van der Waals surface area contributed by atoms with Crippen LogP contribution in [0.5, 0.6) is 5.75 Å². The number of hydrogen-bond acceptors (Lipinski definition) is 5. The molecule has 1 aliphatic heterocycles. The number of aliphatic hydroxyl groups is 1. The first-order valence-electron chi connectivity index (χ1n) is 10.5. The summed E-state index contributed by atoms with van der Waals surface area (Å²) in [6, 6.07) is 14.8. The molecule has 2 aromatic carbocycles. The molecule has 6 nitrogen and oxygen atoms in total. The number of halogens is 4. The van der Waals surface area contributed by atoms with Gasteiger partial charge in [0, 0.05) is 17.4 Å². The average molecular weight is 475 g/mol. The lowest BCUT2D eigenvalue weighted by atomic mass is 10.0. The third kappa shape index (κ3) is 4.33. The molecule has 0 spiro atoms. The predicted molar refractivity (Wildman–Crippen MR) is 118 cm³/mol. The third-order valence-electron chi connectivity index (χ3n) is 5.28. The smallest absolute Gasteiger partial charge is 0.287 e. The number of para-hydroxylation sites is 1. The summed E-state index contributed by atoms with van der Waals surface area (Å²) in [6.45, 7) is 3.73. The van der Waals surface area contributed by atoms with E-state index in [1.165, 1.54) is 6.07 Å². The number of fused-ring (bicyclic) bond motifs is 1. The van der Waals surface area contributed by atoms with Crippen LogP contribution in [0.15, 0.2) is 59.7 Å². The molecule has 4 rings (SSSR count). The topological polar surface area (TPSA) is 75.0 Å². The van der Waals surface area contributed by atoms with Crippen molar-refractivity contribution in [1.29, 1.82) is 0 Å². The highest BCUT2D eigenvalue weighted by molar-refractivity contribution is 6.08. The molecule has 0 aliphatic carbocycles. The molecule has 1 aromatic heterocycles. The zero-order valence-corrected chi connectivity index (χ0v) is 18.3. The summed E-state index contributed by atoms with van der Waals surface area (Å²) >= 11 is 0. The van der Waals surface area contributed by atoms with Crippen molar-refractivity contribution < 1.29 is 32.2 Å². The highest BCUT2D eigenvalue weighted by Gasteiger charge is 2.53. The van der Waals surface area contributed by atoms with Crippen LogP contribution in [0, 0.1) is 0 Å². The lowest BCUT2D eigenvalue weighted by molar-refractivity contribution is -0.164. The first-order valence-corrected chi connectivity index (χ1v) is 10.5. The van der Waals surface area contributed by atoms with E-state index in [1.807, 2.05) is 13.8 Å². The summed E-state index contributed by atoms with van der Waals surface area (Å²) in [5.41, 5.74) is -3.01. The summed E-state index contributed by atoms with van der Waals surface area (Å²) in [5, 5.41) is 14.2. The standard InChI is InChI=1S/C24H21F4N3O3/c1-13(2)34-15-7-5-6-14(10-15)19-11-17(16-8-3-4-9-18(16)29-19)22(32)31-24(33,23(27)28)12-20(30-31)21(25)26/h3-11,13,21,23,33H,12H2,1-2H3. The van der Waals surface area contributed by atoms with Crippen molar-refractivity contribution in [2.45, 2.75) is 44.9 Å². The monoisotopic (exact) mass is 475 g/mol. The van der Waals surface area contributed by atoms with Gasteiger partial charge in [-0.1, -0.05) is 30.3 Å². The summed E-state index contributed by atoms with van der Waals surface area (Å²) in [4.78, 5) is 17.9. The minimum atomic E-state index is -3.52. The van der Waals surface area contributed by atoms with E-state index in [0.717, 1.165) is 0 Å². The fourth-order valence-electron chi connectivity index (χ4n) is 3.72. The molecular weight excluding hydrogens is 454 g/mol. The normalized spacial score (nSPS) is 18.3. The van der Waals surface area contributed by atoms with E-state index in [-0.39, 0.29) is 16.7 Å². The molecule has 2 heterocycles. The summed E-state index contributed by atoms with van der Waals surface area (Å²) in [5.74, 6) is -0.582. The molecule has 1 atom stereocenters. The fourth-order valence-corrected chi connectivity index (χ4v) is 3.72. The van der Waals surface area contributed by atoms with Crippen molar-refractivity contribution in [3.63, 3.8) is 0 Å². The quantitative estimate of drug-likeness (QED) is 0.503. The maximum atomic E-state index is 13.7. The largest absolute Gasteiger partial charge is 0.491 e. The van der Waals surface area contributed by atoms with Crippen LogP contribution >= 0.6 is 0 Å². The lowest BCUT2D eigenvalue weighted by Crippen LogP contribution is -2.51. The number of amides is 1. The second-order valence-electron chi connectivity index (χ2n) is 8.13. The summed E-state index contributed by atoms with van der Waals surface area (Å²) in [7, 11) is 0. The van der Waals surface area contributed by atoms with Gasteiger partial charge in [0.15, 0.2) is 0 Å². The number of ether oxygens (including phenoxy) is 1. The van der Waals surface area contributed by atoms with Gasteiger partial charge in [0.05, 0.1) is 22.9 Å². The second kappa shape index (κ2) is 9.02. The van der Waals surface area contributed by atoms with Gasteiger partial charge in [0.25, 0.3) is 18.8 Å². The number of carbonyl (C=O) groups excluding carboxylic acids is 1. The van der Waals surface area contributed by atoms with E-state index >= 15 is 0 Å². The molecule has 178 valence electrons. The zero-order chi connectivity index (χ0) is 24.6. The average Bonchev–Trinajstić information content (AvgIpc) is 3.17. The molecular formula is C24H21F4N3O3. The molecule has 34 heavy (non-hydrogen) atoms. The highest BCUT2D eigenvalue weighted by Crippen LogP contribution is 2.36. The number of benzene rings is 2. The lowest BCUT2D eigenvalue weighted by Gasteiger charge is -2.30. The molecule has 10 heteroatoms. The fraction of sp³-hybridized carbons (Fsp3) is 0.292. The van der Waals surface area contributed by atoms with E-state index < -0.39 is 36.6 Å². The van der Waals surface area contributed by atoms with Crippen LogP contribution in [-0.4, -0.2) is 51.4 Å². The van der Waals surface area contributed by atoms with E-state index in [0.29, 0.717) is 27.9 Å². The highest BCUT2D eigenvalue weighted by atomic mass is 19.3. The van der Waals surface area contributed by atoms with Gasteiger partial charge in [0.1, 0.15) is 11.5 Å². The van der Waals surface area contributed by atoms with Crippen LogP contribution in [0.3, 0.4) is 0 Å². The number of carbonyl (C=O) groups is 1. The molecule has 1 aliphatic rings. The van der Waals surface area contributed by atoms with Crippen molar-refractivity contribution in [3.05, 3.63) is 60.2 Å². The van der Waals surface area contributed by atoms with Crippen molar-refractivity contribution in [2.75, 3.05) is 0 Å². The Kier molecular flexibility index (Phi) is 6.26. The van der Waals surface area contributed by atoms with Gasteiger partial charge in [-0.05, 0) is 38.1 Å². The molecule has 0 saturated carbocycles. The van der Waals surface area contributed by atoms with Crippen LogP contribution in [0.25, 0.3) is 22.2 Å². The number of rotatable bonds is 6. The molecule has 0 fully saturated rings. The van der Waals surface area contributed by atoms with Crippen LogP contribution in [0.1, 0.15) is 30.6 Å². The Morgan fingerprint density at radius 2 is 1.82 bits per heavy atom. The van der Waals surface area contributed by atoms with Crippen molar-refractivity contribution in [1.82, 2.24) is 9.99 Å². The maximum Gasteiger partial charge on any atom is 0.287 e. The Morgan fingerprint density at radius 1 is 1.09 bits per heavy atom. The van der Waals surface area contributed by atoms with Crippen LogP contribution in [0.4, 0.5) is 17.6 Å². The van der Waals surface area contributed by atoms with Gasteiger partial charge in [-0.2, -0.15) is 10.1 Å². The summed E-state index contributed by atoms with van der Waals surface area (Å²) in [6.07, 6.45) is -7.95. The molecule has 0 saturated heterocycles. The molecule has 3 aromatic rings. The van der Waals surface area contributed by atoms with Crippen LogP contribution in [0.2, 0.25) is 0 Å². The van der Waals surface area contributed by atoms with Crippen molar-refractivity contribution in [3.8, 4) is 17.0 Å². The second-order valence-corrected chi connectivity index (χ2v) is 8.13. The van der Waals surface area contributed by atoms with Gasteiger partial charge < -0.3 is 9.84 Å². The maximum absolute atomic E-state index is 13.7. The third-order valence-corrected chi connectivity index (χ3v) is 5.28. The van der Waals surface area contributed by atoms with Gasteiger partial charge >= 0.3 is 0 Å². The first-order chi connectivity index (χ1) is 16.1. The van der Waals surface area contributed by atoms with Gasteiger partial charge in [-0.15, -0.1) is 0 Å². The minimum absolute atomic E-state index is 0.0585. The van der Waals surface area contributed by atoms with E-state index in [1.54, 1.807) is 48.5 Å². The van der Waals surface area contributed by atoms with Gasteiger partial charge in [-0.3, -0.25) is 4.79 Å². The number of nitrogens with zero attached hydrogens (tertiary/aromatic N) is 3. The predicted octanol–water partition coefficient (Wildman–Crippen LogP) is 5.11. The minimum Gasteiger partial charge on any atom is -0.491 e. The number of pyridine rings is 1. The molecule has 1 amide bonds. The molecule has 0 bridgehead atoms. The van der Waals surface area contributed by atoms with Crippen LogP contribution < -0.4 is 4.74 Å². The molecule has 1 unspecified atom stereocenters. The SMILES string of the molecule is CC(C)Oc1cccc(-c2cc(C(=O)N3N=C(C(F)F)CC3(O)C(F)F)c3ccccc3n2)c1. The van der Waals surface area contributed by atoms with Crippen molar-refractivity contribution >= 4 is 22.5 Å². The number of aromatic nitrogens is 1. The number of hydrogen-bond donors (Lipinski definition) is 1.